The van der Waals surface area contributed by atoms with E-state index in [1.165, 1.54) is 20.2 Å². The van der Waals surface area contributed by atoms with Gasteiger partial charge in [-0.1, -0.05) is 24.3 Å². The van der Waals surface area contributed by atoms with E-state index in [0.717, 1.165) is 0 Å². The van der Waals surface area contributed by atoms with E-state index in [2.05, 4.69) is 10.3 Å². The number of fused-ring (bicyclic) bond motifs is 1. The van der Waals surface area contributed by atoms with Crippen molar-refractivity contribution >= 4 is 22.6 Å². The Balaban J connectivity index is 2.02. The highest BCUT2D eigenvalue weighted by Gasteiger charge is 2.24. The summed E-state index contributed by atoms with van der Waals surface area (Å²) in [4.78, 5) is 27.7. The number of aliphatic hydroxyl groups excluding tert-OH is 1. The molecule has 0 aliphatic rings. The van der Waals surface area contributed by atoms with Gasteiger partial charge in [-0.15, -0.1) is 0 Å². The number of hydrogen-bond donors (Lipinski definition) is 3. The van der Waals surface area contributed by atoms with E-state index >= 15 is 0 Å². The molecule has 8 nitrogen and oxygen atoms in total. The standard InChI is InChI=1S/C21H20N2O6/c1-12(20(25)26)23-19(24)18-17(21(27)28-2)16-9-8-15(10-13(16)11-22-18)29-14-6-4-3-5-7-14/h3-12,21,27H,1-2H3,(H,23,24)(H,25,26)/t12-,21?/m1/s1. The fraction of sp³-hybridized carbons (Fsp3) is 0.190. The maximum absolute atomic E-state index is 12.5. The van der Waals surface area contributed by atoms with Crippen molar-refractivity contribution in [2.24, 2.45) is 0 Å². The van der Waals surface area contributed by atoms with Crippen molar-refractivity contribution in [3.63, 3.8) is 0 Å². The molecule has 1 unspecified atom stereocenters. The average Bonchev–Trinajstić information content (AvgIpc) is 2.72. The number of hydrogen-bond acceptors (Lipinski definition) is 6. The van der Waals surface area contributed by atoms with Gasteiger partial charge in [-0.25, -0.2) is 4.98 Å². The summed E-state index contributed by atoms with van der Waals surface area (Å²) in [7, 11) is 1.29. The molecule has 3 aromatic rings. The Kier molecular flexibility index (Phi) is 6.06. The van der Waals surface area contributed by atoms with Crippen LogP contribution in [0, 0.1) is 0 Å². The summed E-state index contributed by atoms with van der Waals surface area (Å²) in [6, 6.07) is 13.2. The Bertz CT molecular complexity index is 1040. The third-order valence-corrected chi connectivity index (χ3v) is 4.28. The second-order valence-electron chi connectivity index (χ2n) is 6.31. The molecule has 0 radical (unpaired) electrons. The minimum Gasteiger partial charge on any atom is -0.480 e. The van der Waals surface area contributed by atoms with Gasteiger partial charge in [0.05, 0.1) is 0 Å². The van der Waals surface area contributed by atoms with Crippen LogP contribution in [-0.2, 0) is 9.53 Å². The number of nitrogens with one attached hydrogen (secondary N) is 1. The number of carboxylic acid groups (broad SMARTS) is 1. The van der Waals surface area contributed by atoms with E-state index in [-0.39, 0.29) is 11.3 Å². The first-order chi connectivity index (χ1) is 13.9. The van der Waals surface area contributed by atoms with Crippen LogP contribution in [0.4, 0.5) is 0 Å². The topological polar surface area (TPSA) is 118 Å². The van der Waals surface area contributed by atoms with Crippen molar-refractivity contribution in [1.29, 1.82) is 0 Å². The molecule has 2 aromatic carbocycles. The van der Waals surface area contributed by atoms with E-state index in [4.69, 9.17) is 14.6 Å². The molecule has 29 heavy (non-hydrogen) atoms. The molecule has 0 aliphatic heterocycles. The molecule has 150 valence electrons. The number of rotatable bonds is 7. The van der Waals surface area contributed by atoms with E-state index in [1.807, 2.05) is 30.3 Å². The SMILES string of the molecule is COC(O)c1c(C(=O)N[C@H](C)C(=O)O)ncc2cc(Oc3ccccc3)ccc12. The highest BCUT2D eigenvalue weighted by molar-refractivity contribution is 6.01. The lowest BCUT2D eigenvalue weighted by Crippen LogP contribution is -2.39. The Morgan fingerprint density at radius 2 is 1.83 bits per heavy atom. The van der Waals surface area contributed by atoms with Gasteiger partial charge in [0.25, 0.3) is 5.91 Å². The number of pyridine rings is 1. The van der Waals surface area contributed by atoms with Gasteiger partial charge in [0, 0.05) is 24.3 Å². The Hall–Kier alpha value is -3.49. The minimum absolute atomic E-state index is 0.114. The van der Waals surface area contributed by atoms with Crippen molar-refractivity contribution in [2.45, 2.75) is 19.3 Å². The lowest BCUT2D eigenvalue weighted by atomic mass is 10.0. The average molecular weight is 396 g/mol. The fourth-order valence-corrected chi connectivity index (χ4v) is 2.79. The van der Waals surface area contributed by atoms with Gasteiger partial charge in [0.15, 0.2) is 6.29 Å². The summed E-state index contributed by atoms with van der Waals surface area (Å²) in [5.41, 5.74) is 0.0306. The summed E-state index contributed by atoms with van der Waals surface area (Å²) in [5.74, 6) is -0.691. The lowest BCUT2D eigenvalue weighted by molar-refractivity contribution is -0.138. The zero-order valence-corrected chi connectivity index (χ0v) is 15.8. The quantitative estimate of drug-likeness (QED) is 0.526. The summed E-state index contributed by atoms with van der Waals surface area (Å²) in [5, 5.41) is 22.8. The molecule has 1 aromatic heterocycles. The number of ether oxygens (including phenoxy) is 2. The van der Waals surface area contributed by atoms with Gasteiger partial charge in [0.2, 0.25) is 0 Å². The van der Waals surface area contributed by atoms with E-state index in [1.54, 1.807) is 18.2 Å². The number of methoxy groups -OCH3 is 1. The number of amides is 1. The molecule has 0 fully saturated rings. The fourth-order valence-electron chi connectivity index (χ4n) is 2.79. The van der Waals surface area contributed by atoms with Crippen LogP contribution in [0.1, 0.15) is 29.3 Å². The van der Waals surface area contributed by atoms with Crippen molar-refractivity contribution in [2.75, 3.05) is 7.11 Å². The van der Waals surface area contributed by atoms with Crippen LogP contribution in [-0.4, -0.2) is 40.2 Å². The van der Waals surface area contributed by atoms with Gasteiger partial charge in [-0.2, -0.15) is 0 Å². The zero-order valence-electron chi connectivity index (χ0n) is 15.8. The lowest BCUT2D eigenvalue weighted by Gasteiger charge is -2.17. The smallest absolute Gasteiger partial charge is 0.325 e. The molecule has 0 saturated heterocycles. The van der Waals surface area contributed by atoms with Gasteiger partial charge in [-0.05, 0) is 36.6 Å². The number of carbonyl (C=O) groups excluding carboxylic acids is 1. The van der Waals surface area contributed by atoms with E-state index < -0.39 is 24.2 Å². The number of para-hydroxylation sites is 1. The van der Waals surface area contributed by atoms with E-state index in [0.29, 0.717) is 22.3 Å². The minimum atomic E-state index is -1.42. The number of carbonyl (C=O) groups is 2. The van der Waals surface area contributed by atoms with Crippen molar-refractivity contribution in [1.82, 2.24) is 10.3 Å². The van der Waals surface area contributed by atoms with Crippen molar-refractivity contribution < 1.29 is 29.3 Å². The summed E-state index contributed by atoms with van der Waals surface area (Å²) < 4.78 is 10.8. The van der Waals surface area contributed by atoms with Crippen molar-refractivity contribution in [3.8, 4) is 11.5 Å². The number of aliphatic hydroxyl groups is 1. The van der Waals surface area contributed by atoms with Gasteiger partial charge in [0.1, 0.15) is 23.2 Å². The molecule has 1 heterocycles. The number of nitrogens with zero attached hydrogens (tertiary/aromatic N) is 1. The molecule has 8 heteroatoms. The number of aliphatic carboxylic acids is 1. The highest BCUT2D eigenvalue weighted by Crippen LogP contribution is 2.31. The molecular weight excluding hydrogens is 376 g/mol. The Morgan fingerprint density at radius 1 is 1.10 bits per heavy atom. The molecule has 0 aliphatic carbocycles. The predicted molar refractivity (Wildman–Crippen MR) is 105 cm³/mol. The molecule has 2 atom stereocenters. The normalized spacial score (nSPS) is 12.9. The monoisotopic (exact) mass is 396 g/mol. The van der Waals surface area contributed by atoms with Crippen LogP contribution < -0.4 is 10.1 Å². The summed E-state index contributed by atoms with van der Waals surface area (Å²) >= 11 is 0. The van der Waals surface area contributed by atoms with Gasteiger partial charge < -0.3 is 25.0 Å². The Morgan fingerprint density at radius 3 is 2.48 bits per heavy atom. The predicted octanol–water partition coefficient (Wildman–Crippen LogP) is 2.87. The van der Waals surface area contributed by atoms with Crippen molar-refractivity contribution in [3.05, 3.63) is 66.0 Å². The van der Waals surface area contributed by atoms with E-state index in [9.17, 15) is 14.7 Å². The second kappa shape index (κ2) is 8.68. The van der Waals surface area contributed by atoms with Crippen LogP contribution in [0.3, 0.4) is 0 Å². The van der Waals surface area contributed by atoms with Crippen LogP contribution in [0.15, 0.2) is 54.7 Å². The van der Waals surface area contributed by atoms with Crippen LogP contribution in [0.2, 0.25) is 0 Å². The number of aromatic nitrogens is 1. The first-order valence-corrected chi connectivity index (χ1v) is 8.80. The van der Waals surface area contributed by atoms with Crippen LogP contribution in [0.25, 0.3) is 10.8 Å². The molecule has 0 spiro atoms. The molecule has 3 N–H and O–H groups in total. The summed E-state index contributed by atoms with van der Waals surface area (Å²) in [6.07, 6.45) is 0.0346. The van der Waals surface area contributed by atoms with Crippen LogP contribution >= 0.6 is 0 Å². The maximum Gasteiger partial charge on any atom is 0.325 e. The third kappa shape index (κ3) is 4.50. The zero-order chi connectivity index (χ0) is 21.0. The second-order valence-corrected chi connectivity index (χ2v) is 6.31. The molecule has 0 bridgehead atoms. The number of carboxylic acids is 1. The molecule has 0 saturated carbocycles. The molecular formula is C21H20N2O6. The first kappa shape index (κ1) is 20.2. The Labute approximate surface area is 166 Å². The molecule has 3 rings (SSSR count). The largest absolute Gasteiger partial charge is 0.480 e. The summed E-state index contributed by atoms with van der Waals surface area (Å²) in [6.45, 7) is 1.33. The maximum atomic E-state index is 12.5. The third-order valence-electron chi connectivity index (χ3n) is 4.28. The molecule has 1 amide bonds. The number of benzene rings is 2. The van der Waals surface area contributed by atoms with Gasteiger partial charge in [-0.3, -0.25) is 9.59 Å². The first-order valence-electron chi connectivity index (χ1n) is 8.80. The van der Waals surface area contributed by atoms with Gasteiger partial charge >= 0.3 is 5.97 Å². The van der Waals surface area contributed by atoms with Crippen LogP contribution in [0.5, 0.6) is 11.5 Å². The highest BCUT2D eigenvalue weighted by atomic mass is 16.6.